The summed E-state index contributed by atoms with van der Waals surface area (Å²) < 4.78 is 50.2. The highest BCUT2D eigenvalue weighted by Gasteiger charge is 2.33. The Morgan fingerprint density at radius 3 is 1.01 bits per heavy atom. The van der Waals surface area contributed by atoms with Crippen LogP contribution in [0.1, 0.15) is 125 Å². The smallest absolute Gasteiger partial charge is 0.337 e. The summed E-state index contributed by atoms with van der Waals surface area (Å²) in [4.78, 5) is 75.3. The molecule has 0 saturated heterocycles. The molecule has 0 aliphatic rings. The number of carbonyl (C=O) groups excluding carboxylic acids is 2. The van der Waals surface area contributed by atoms with Gasteiger partial charge in [-0.1, -0.05) is 36.4 Å². The highest BCUT2D eigenvalue weighted by Crippen LogP contribution is 2.44. The Labute approximate surface area is 424 Å². The first-order chi connectivity index (χ1) is 35.7. The van der Waals surface area contributed by atoms with Crippen LogP contribution in [0.4, 0.5) is 8.78 Å². The second-order valence-corrected chi connectivity index (χ2v) is 16.7. The van der Waals surface area contributed by atoms with Crippen LogP contribution in [0.15, 0.2) is 133 Å². The summed E-state index contributed by atoms with van der Waals surface area (Å²) in [7, 11) is 0. The van der Waals surface area contributed by atoms with Crippen molar-refractivity contribution in [2.45, 2.75) is 51.4 Å². The van der Waals surface area contributed by atoms with Crippen LogP contribution < -0.4 is 18.9 Å². The van der Waals surface area contributed by atoms with Crippen LogP contribution in [0.2, 0.25) is 0 Å². The van der Waals surface area contributed by atoms with E-state index in [4.69, 9.17) is 18.9 Å². The fraction of sp³-hybridized carbons (Fsp3) is 0.207. The van der Waals surface area contributed by atoms with Gasteiger partial charge in [0.05, 0.1) is 48.7 Å². The largest absolute Gasteiger partial charge is 0.494 e. The van der Waals surface area contributed by atoms with Gasteiger partial charge >= 0.3 is 23.9 Å². The molecule has 0 spiro atoms. The zero-order chi connectivity index (χ0) is 53.0. The quantitative estimate of drug-likeness (QED) is 0.0195. The van der Waals surface area contributed by atoms with Crippen molar-refractivity contribution in [3.63, 3.8) is 0 Å². The van der Waals surface area contributed by atoms with Crippen LogP contribution >= 0.6 is 0 Å². The Morgan fingerprint density at radius 1 is 0.378 bits per heavy atom. The lowest BCUT2D eigenvalue weighted by Crippen LogP contribution is -2.16. The van der Waals surface area contributed by atoms with Crippen molar-refractivity contribution in [1.29, 1.82) is 0 Å². The van der Waals surface area contributed by atoms with Crippen LogP contribution in [0.25, 0.3) is 23.3 Å². The highest BCUT2D eigenvalue weighted by atomic mass is 19.1. The maximum Gasteiger partial charge on any atom is 0.337 e. The summed E-state index contributed by atoms with van der Waals surface area (Å²) in [6.45, 7) is 0.786. The standard InChI is InChI=1S/C58H52F2O14/c59-41-19-15-39(16-20-41)47(61)29-13-37-9-23-43(24-10-37)71-33-5-1-3-7-35-73-49-31-27-45(55(63)64)51(57(67)68)53(49)54-50(32-28-46(56(65)66)52(54)58(69)70)74-36-8-4-2-6-34-72-44-25-11-38(12-26-44)14-30-48(62)40-17-21-42(60)22-18-40/h9-32H,1-8,33-36H2,(H,63,64)(H,65,66)(H,67,68)(H,69,70)/b29-13+,30-14+. The fourth-order valence-corrected chi connectivity index (χ4v) is 7.68. The zero-order valence-electron chi connectivity index (χ0n) is 40.0. The van der Waals surface area contributed by atoms with Gasteiger partial charge in [-0.3, -0.25) is 9.59 Å². The molecule has 0 aliphatic heterocycles. The second-order valence-electron chi connectivity index (χ2n) is 16.7. The Morgan fingerprint density at radius 2 is 0.703 bits per heavy atom. The molecular weight excluding hydrogens is 959 g/mol. The minimum atomic E-state index is -1.72. The molecule has 6 aromatic rings. The zero-order valence-corrected chi connectivity index (χ0v) is 40.0. The van der Waals surface area contributed by atoms with Gasteiger partial charge in [0.1, 0.15) is 34.6 Å². The van der Waals surface area contributed by atoms with Crippen LogP contribution in [0.3, 0.4) is 0 Å². The summed E-state index contributed by atoms with van der Waals surface area (Å²) in [5, 5.41) is 41.0. The van der Waals surface area contributed by atoms with E-state index in [1.165, 1.54) is 72.8 Å². The van der Waals surface area contributed by atoms with Crippen LogP contribution in [-0.2, 0) is 0 Å². The third-order valence-corrected chi connectivity index (χ3v) is 11.5. The number of hydrogen-bond donors (Lipinski definition) is 4. The van der Waals surface area contributed by atoms with Crippen LogP contribution in [-0.4, -0.2) is 82.3 Å². The molecule has 0 aliphatic carbocycles. The predicted molar refractivity (Wildman–Crippen MR) is 271 cm³/mol. The summed E-state index contributed by atoms with van der Waals surface area (Å²) in [6.07, 6.45) is 11.0. The molecule has 0 amide bonds. The van der Waals surface area contributed by atoms with Gasteiger partial charge < -0.3 is 39.4 Å². The number of ether oxygens (including phenoxy) is 4. The maximum atomic E-state index is 13.2. The molecule has 0 unspecified atom stereocenters. The number of hydrogen-bond acceptors (Lipinski definition) is 10. The molecule has 6 aromatic carbocycles. The monoisotopic (exact) mass is 1010 g/mol. The molecule has 0 fully saturated rings. The SMILES string of the molecule is O=C(/C=C/c1ccc(OCCCCCCOc2ccc(C(=O)O)c(C(=O)O)c2-c2c(OCCCCCCOc3ccc(/C=C/C(=O)c4ccc(F)cc4)cc3)ccc(C(=O)O)c2C(=O)O)cc1)c1ccc(F)cc1. The number of carboxylic acid groups (broad SMARTS) is 4. The van der Waals surface area contributed by atoms with Gasteiger partial charge in [-0.05, 0) is 172 Å². The van der Waals surface area contributed by atoms with Gasteiger partial charge in [0, 0.05) is 22.3 Å². The number of halogens is 2. The van der Waals surface area contributed by atoms with Crippen molar-refractivity contribution < 1.29 is 76.9 Å². The van der Waals surface area contributed by atoms with Gasteiger partial charge in [0.15, 0.2) is 11.6 Å². The van der Waals surface area contributed by atoms with Gasteiger partial charge in [-0.2, -0.15) is 0 Å². The van der Waals surface area contributed by atoms with Crippen molar-refractivity contribution >= 4 is 47.6 Å². The Balaban J connectivity index is 1.03. The molecular formula is C58H52F2O14. The lowest BCUT2D eigenvalue weighted by Gasteiger charge is -2.21. The molecule has 74 heavy (non-hydrogen) atoms. The van der Waals surface area contributed by atoms with Gasteiger partial charge in [0.2, 0.25) is 0 Å². The van der Waals surface area contributed by atoms with E-state index in [1.54, 1.807) is 60.7 Å². The lowest BCUT2D eigenvalue weighted by atomic mass is 9.88. The Hall–Kier alpha value is -8.92. The lowest BCUT2D eigenvalue weighted by molar-refractivity contribution is 0.0649. The number of carbonyl (C=O) groups is 6. The molecule has 6 rings (SSSR count). The molecule has 0 radical (unpaired) electrons. The minimum Gasteiger partial charge on any atom is -0.494 e. The molecule has 0 saturated carbocycles. The number of carboxylic acids is 4. The molecule has 14 nitrogen and oxygen atoms in total. The summed E-state index contributed by atoms with van der Waals surface area (Å²) in [5.74, 6) is -7.22. The number of unbranched alkanes of at least 4 members (excludes halogenated alkanes) is 6. The van der Waals surface area contributed by atoms with E-state index in [-0.39, 0.29) is 36.3 Å². The van der Waals surface area contributed by atoms with Crippen molar-refractivity contribution in [3.05, 3.63) is 190 Å². The number of allylic oxidation sites excluding steroid dienone is 2. The molecule has 4 N–H and O–H groups in total. The topological polar surface area (TPSA) is 220 Å². The number of aromatic carboxylic acids is 4. The third kappa shape index (κ3) is 15.5. The van der Waals surface area contributed by atoms with E-state index in [0.717, 1.165) is 23.3 Å². The number of ketones is 2. The van der Waals surface area contributed by atoms with E-state index in [1.807, 2.05) is 0 Å². The van der Waals surface area contributed by atoms with E-state index >= 15 is 0 Å². The second kappa shape index (κ2) is 27.1. The van der Waals surface area contributed by atoms with Gasteiger partial charge in [0.25, 0.3) is 0 Å². The molecule has 0 bridgehead atoms. The van der Waals surface area contributed by atoms with Gasteiger partial charge in [-0.15, -0.1) is 0 Å². The maximum absolute atomic E-state index is 13.2. The summed E-state index contributed by atoms with van der Waals surface area (Å²) in [5.41, 5.74) is -1.64. The first-order valence-corrected chi connectivity index (χ1v) is 23.6. The molecule has 16 heteroatoms. The van der Waals surface area contributed by atoms with E-state index < -0.39 is 68.9 Å². The minimum absolute atomic E-state index is 0.00373. The number of rotatable bonds is 29. The average Bonchev–Trinajstić information content (AvgIpc) is 3.39. The fourth-order valence-electron chi connectivity index (χ4n) is 7.68. The van der Waals surface area contributed by atoms with E-state index in [9.17, 15) is 58.0 Å². The molecule has 0 heterocycles. The Bertz CT molecular complexity index is 2790. The van der Waals surface area contributed by atoms with Crippen molar-refractivity contribution in [2.75, 3.05) is 26.4 Å². The van der Waals surface area contributed by atoms with Crippen molar-refractivity contribution in [3.8, 4) is 34.1 Å². The first kappa shape index (κ1) is 54.4. The first-order valence-electron chi connectivity index (χ1n) is 23.6. The summed E-state index contributed by atoms with van der Waals surface area (Å²) in [6, 6.07) is 29.2. The third-order valence-electron chi connectivity index (χ3n) is 11.5. The van der Waals surface area contributed by atoms with Gasteiger partial charge in [-0.25, -0.2) is 28.0 Å². The normalized spacial score (nSPS) is 11.1. The van der Waals surface area contributed by atoms with Crippen molar-refractivity contribution in [2.24, 2.45) is 0 Å². The van der Waals surface area contributed by atoms with Crippen molar-refractivity contribution in [1.82, 2.24) is 0 Å². The van der Waals surface area contributed by atoms with Crippen LogP contribution in [0, 0.1) is 11.6 Å². The predicted octanol–water partition coefficient (Wildman–Crippen LogP) is 12.3. The average molecular weight is 1010 g/mol. The highest BCUT2D eigenvalue weighted by molar-refractivity contribution is 6.14. The summed E-state index contributed by atoms with van der Waals surface area (Å²) >= 11 is 0. The van der Waals surface area contributed by atoms with Crippen LogP contribution in [0.5, 0.6) is 23.0 Å². The molecule has 0 aromatic heterocycles. The van der Waals surface area contributed by atoms with E-state index in [2.05, 4.69) is 0 Å². The Kier molecular flexibility index (Phi) is 19.9. The molecule has 382 valence electrons. The van der Waals surface area contributed by atoms with E-state index in [0.29, 0.717) is 87.2 Å². The number of benzene rings is 6. The molecule has 0 atom stereocenters.